The van der Waals surface area contributed by atoms with Crippen LogP contribution in [0.3, 0.4) is 0 Å². The molecule has 0 radical (unpaired) electrons. The zero-order chi connectivity index (χ0) is 25.7. The van der Waals surface area contributed by atoms with Gasteiger partial charge in [0.15, 0.2) is 5.17 Å². The number of aliphatic imine (C=N–C) groups is 1. The first-order chi connectivity index (χ1) is 17.4. The summed E-state index contributed by atoms with van der Waals surface area (Å²) < 4.78 is 29.5. The van der Waals surface area contributed by atoms with Crippen LogP contribution in [0.25, 0.3) is 0 Å². The van der Waals surface area contributed by atoms with E-state index >= 15 is 0 Å². The van der Waals surface area contributed by atoms with E-state index in [2.05, 4.69) is 11.6 Å². The molecule has 1 saturated heterocycles. The number of carboxylic acid groups (broad SMARTS) is 1. The molecule has 10 heteroatoms. The van der Waals surface area contributed by atoms with Crippen LogP contribution in [0.1, 0.15) is 11.1 Å². The number of hydrogen-bond acceptors (Lipinski definition) is 8. The Morgan fingerprint density at radius 1 is 1.03 bits per heavy atom. The maximum absolute atomic E-state index is 11.5. The van der Waals surface area contributed by atoms with Crippen molar-refractivity contribution in [2.75, 3.05) is 21.3 Å². The quantitative estimate of drug-likeness (QED) is 0.498. The molecule has 2 aromatic rings. The molecule has 0 spiro atoms. The summed E-state index contributed by atoms with van der Waals surface area (Å²) in [4.78, 5) is 17.3. The highest BCUT2D eigenvalue weighted by atomic mass is 32.2. The predicted octanol–water partition coefficient (Wildman–Crippen LogP) is 4.17. The van der Waals surface area contributed by atoms with Crippen LogP contribution in [0.2, 0.25) is 0 Å². The smallest absolute Gasteiger partial charge is 0.413 e. The third kappa shape index (κ3) is 5.84. The standard InChI is InChI=1S/C26H30N2O7S/c1-5-20-22(33-14-16-6-10-18(31-3)11-7-16)23(34-15-17-8-12-19(32-4)13-9-17)21-24(35-20)36-25(27-21)28(2)26(29)30/h5-13,20-24H,1,14-15H2,2-4H3,(H,29,30)/t20-,21-,22?,23-,24-/m1/s1. The minimum atomic E-state index is -1.09. The van der Waals surface area contributed by atoms with Crippen LogP contribution in [0.5, 0.6) is 11.5 Å². The Hall–Kier alpha value is -3.05. The largest absolute Gasteiger partial charge is 0.497 e. The van der Waals surface area contributed by atoms with Gasteiger partial charge in [0, 0.05) is 7.05 Å². The first kappa shape index (κ1) is 26.0. The van der Waals surface area contributed by atoms with E-state index < -0.39 is 35.9 Å². The number of rotatable bonds is 9. The van der Waals surface area contributed by atoms with E-state index in [1.807, 2.05) is 48.5 Å². The highest BCUT2D eigenvalue weighted by Gasteiger charge is 2.50. The number of nitrogens with zero attached hydrogens (tertiary/aromatic N) is 2. The van der Waals surface area contributed by atoms with E-state index in [-0.39, 0.29) is 0 Å². The first-order valence-electron chi connectivity index (χ1n) is 11.4. The first-order valence-corrected chi connectivity index (χ1v) is 12.3. The number of fused-ring (bicyclic) bond motifs is 1. The van der Waals surface area contributed by atoms with Gasteiger partial charge in [0.05, 0.1) is 27.4 Å². The minimum absolute atomic E-state index is 0.314. The van der Waals surface area contributed by atoms with Gasteiger partial charge in [-0.1, -0.05) is 42.1 Å². The topological polar surface area (TPSA) is 99.1 Å². The second kappa shape index (κ2) is 11.8. The summed E-state index contributed by atoms with van der Waals surface area (Å²) in [5, 5.41) is 9.79. The Morgan fingerprint density at radius 2 is 1.56 bits per heavy atom. The summed E-state index contributed by atoms with van der Waals surface area (Å²) in [7, 11) is 4.70. The number of benzene rings is 2. The molecule has 9 nitrogen and oxygen atoms in total. The molecule has 192 valence electrons. The molecule has 1 N–H and O–H groups in total. The van der Waals surface area contributed by atoms with Crippen LogP contribution < -0.4 is 9.47 Å². The van der Waals surface area contributed by atoms with Crippen molar-refractivity contribution in [2.45, 2.75) is 43.0 Å². The molecule has 2 aliphatic heterocycles. The van der Waals surface area contributed by atoms with Gasteiger partial charge in [-0.15, -0.1) is 6.58 Å². The van der Waals surface area contributed by atoms with Gasteiger partial charge >= 0.3 is 6.09 Å². The summed E-state index contributed by atoms with van der Waals surface area (Å²) in [6.45, 7) is 4.57. The lowest BCUT2D eigenvalue weighted by atomic mass is 9.97. The Bertz CT molecular complexity index is 1080. The van der Waals surface area contributed by atoms with Crippen molar-refractivity contribution in [1.82, 2.24) is 4.90 Å². The third-order valence-corrected chi connectivity index (χ3v) is 7.26. The van der Waals surface area contributed by atoms with Gasteiger partial charge in [-0.2, -0.15) is 0 Å². The molecular formula is C26H30N2O7S. The van der Waals surface area contributed by atoms with E-state index in [1.165, 1.54) is 18.8 Å². The van der Waals surface area contributed by atoms with Crippen molar-refractivity contribution >= 4 is 23.0 Å². The Labute approximate surface area is 214 Å². The highest BCUT2D eigenvalue weighted by molar-refractivity contribution is 8.14. The predicted molar refractivity (Wildman–Crippen MR) is 137 cm³/mol. The number of amidine groups is 1. The maximum Gasteiger partial charge on any atom is 0.413 e. The average Bonchev–Trinajstić information content (AvgIpc) is 3.34. The summed E-state index contributed by atoms with van der Waals surface area (Å²) in [6.07, 6.45) is -0.883. The lowest BCUT2D eigenvalue weighted by molar-refractivity contribution is -0.184. The van der Waals surface area contributed by atoms with Gasteiger partial charge < -0.3 is 28.8 Å². The van der Waals surface area contributed by atoms with E-state index in [0.717, 1.165) is 27.5 Å². The molecule has 0 aromatic heterocycles. The van der Waals surface area contributed by atoms with Gasteiger partial charge in [0.1, 0.15) is 41.3 Å². The normalized spacial score (nSPS) is 25.0. The summed E-state index contributed by atoms with van der Waals surface area (Å²) in [5.41, 5.74) is 1.50. The monoisotopic (exact) mass is 514 g/mol. The molecule has 2 aromatic carbocycles. The van der Waals surface area contributed by atoms with Crippen LogP contribution in [0.15, 0.2) is 66.2 Å². The number of carbonyl (C=O) groups is 1. The Balaban J connectivity index is 1.57. The van der Waals surface area contributed by atoms with Crippen LogP contribution in [-0.2, 0) is 27.4 Å². The molecule has 5 atom stereocenters. The fourth-order valence-electron chi connectivity index (χ4n) is 3.99. The highest BCUT2D eigenvalue weighted by Crippen LogP contribution is 2.40. The zero-order valence-corrected chi connectivity index (χ0v) is 21.2. The molecular weight excluding hydrogens is 484 g/mol. The zero-order valence-electron chi connectivity index (χ0n) is 20.4. The van der Waals surface area contributed by atoms with Gasteiger partial charge in [-0.3, -0.25) is 9.89 Å². The SMILES string of the molecule is C=C[C@H]1O[C@@H]2SC(N(C)C(=O)O)=N[C@@H]2[C@@H](OCc2ccc(OC)cc2)C1OCc1ccc(OC)cc1. The maximum atomic E-state index is 11.5. The van der Waals surface area contributed by atoms with E-state index in [4.69, 9.17) is 23.7 Å². The van der Waals surface area contributed by atoms with Crippen LogP contribution in [0, 0.1) is 0 Å². The molecule has 2 aliphatic rings. The third-order valence-electron chi connectivity index (χ3n) is 6.04. The van der Waals surface area contributed by atoms with Crippen LogP contribution in [0.4, 0.5) is 4.79 Å². The lowest BCUT2D eigenvalue weighted by Crippen LogP contribution is -2.56. The molecule has 36 heavy (non-hydrogen) atoms. The van der Waals surface area contributed by atoms with E-state index in [0.29, 0.717) is 18.4 Å². The van der Waals surface area contributed by atoms with Crippen molar-refractivity contribution in [1.29, 1.82) is 0 Å². The van der Waals surface area contributed by atoms with Crippen molar-refractivity contribution in [3.05, 3.63) is 72.3 Å². The van der Waals surface area contributed by atoms with Crippen molar-refractivity contribution in [3.63, 3.8) is 0 Å². The van der Waals surface area contributed by atoms with Crippen LogP contribution >= 0.6 is 11.8 Å². The lowest BCUT2D eigenvalue weighted by Gasteiger charge is -2.41. The summed E-state index contributed by atoms with van der Waals surface area (Å²) >= 11 is 1.26. The number of ether oxygens (including phenoxy) is 5. The van der Waals surface area contributed by atoms with E-state index in [1.54, 1.807) is 20.3 Å². The number of methoxy groups -OCH3 is 2. The number of hydrogen-bond donors (Lipinski definition) is 1. The Morgan fingerprint density at radius 3 is 2.03 bits per heavy atom. The minimum Gasteiger partial charge on any atom is -0.497 e. The van der Waals surface area contributed by atoms with Gasteiger partial charge in [0.25, 0.3) is 0 Å². The van der Waals surface area contributed by atoms with Crippen LogP contribution in [-0.4, -0.2) is 72.3 Å². The molecule has 0 aliphatic carbocycles. The molecule has 1 unspecified atom stereocenters. The molecule has 4 rings (SSSR count). The molecule has 1 amide bonds. The van der Waals surface area contributed by atoms with Gasteiger partial charge in [0.2, 0.25) is 0 Å². The number of amides is 1. The van der Waals surface area contributed by atoms with Gasteiger partial charge in [-0.25, -0.2) is 4.79 Å². The average molecular weight is 515 g/mol. The van der Waals surface area contributed by atoms with Crippen molar-refractivity contribution in [2.24, 2.45) is 4.99 Å². The second-order valence-corrected chi connectivity index (χ2v) is 9.38. The second-order valence-electron chi connectivity index (χ2n) is 8.31. The summed E-state index contributed by atoms with van der Waals surface area (Å²) in [5.74, 6) is 1.52. The number of thioether (sulfide) groups is 1. The Kier molecular flexibility index (Phi) is 8.52. The van der Waals surface area contributed by atoms with Crippen molar-refractivity contribution in [3.8, 4) is 11.5 Å². The fraction of sp³-hybridized carbons (Fsp3) is 0.385. The van der Waals surface area contributed by atoms with Crippen molar-refractivity contribution < 1.29 is 33.6 Å². The molecule has 2 heterocycles. The van der Waals surface area contributed by atoms with E-state index in [9.17, 15) is 9.90 Å². The molecule has 0 bridgehead atoms. The molecule has 0 saturated carbocycles. The molecule has 1 fully saturated rings. The van der Waals surface area contributed by atoms with Gasteiger partial charge in [-0.05, 0) is 35.4 Å². The fourth-order valence-corrected chi connectivity index (χ4v) is 5.16. The summed E-state index contributed by atoms with van der Waals surface area (Å²) in [6, 6.07) is 14.8.